The van der Waals surface area contributed by atoms with Gasteiger partial charge in [0.05, 0.1) is 13.7 Å². The number of hydrogen-bond donors (Lipinski definition) is 3. The van der Waals surface area contributed by atoms with Crippen molar-refractivity contribution >= 4 is 29.1 Å². The first-order valence-corrected chi connectivity index (χ1v) is 9.73. The number of methoxy groups -OCH3 is 1. The van der Waals surface area contributed by atoms with Gasteiger partial charge in [0.2, 0.25) is 0 Å². The fourth-order valence-corrected chi connectivity index (χ4v) is 2.52. The Balaban J connectivity index is 1.77. The van der Waals surface area contributed by atoms with Crippen LogP contribution in [0.2, 0.25) is 0 Å². The van der Waals surface area contributed by atoms with Crippen molar-refractivity contribution in [1.29, 1.82) is 0 Å². The molecule has 2 amide bonds. The van der Waals surface area contributed by atoms with Crippen molar-refractivity contribution in [3.05, 3.63) is 59.7 Å². The zero-order valence-corrected chi connectivity index (χ0v) is 17.3. The van der Waals surface area contributed by atoms with Crippen LogP contribution in [0.5, 0.6) is 11.5 Å². The van der Waals surface area contributed by atoms with E-state index in [0.717, 1.165) is 19.3 Å². The third-order valence-electron chi connectivity index (χ3n) is 4.00. The molecule has 2 rings (SSSR count). The molecule has 0 bridgehead atoms. The van der Waals surface area contributed by atoms with Crippen molar-refractivity contribution in [3.63, 3.8) is 0 Å². The molecule has 0 radical (unpaired) electrons. The van der Waals surface area contributed by atoms with Crippen molar-refractivity contribution in [2.75, 3.05) is 13.7 Å². The highest BCUT2D eigenvalue weighted by Crippen LogP contribution is 2.13. The largest absolute Gasteiger partial charge is 0.497 e. The van der Waals surface area contributed by atoms with Crippen LogP contribution in [0.4, 0.5) is 0 Å². The van der Waals surface area contributed by atoms with Gasteiger partial charge in [0.15, 0.2) is 5.11 Å². The SMILES string of the molecule is CCCCCOc1ccc(C(=O)NC(=S)NNC(=O)c2ccc(OC)cc2)cc1. The van der Waals surface area contributed by atoms with E-state index in [9.17, 15) is 9.59 Å². The first-order valence-electron chi connectivity index (χ1n) is 9.32. The van der Waals surface area contributed by atoms with E-state index in [1.807, 2.05) is 0 Å². The average molecular weight is 416 g/mol. The minimum absolute atomic E-state index is 0.0169. The summed E-state index contributed by atoms with van der Waals surface area (Å²) in [6.45, 7) is 2.79. The molecule has 0 saturated heterocycles. The second kappa shape index (κ2) is 11.7. The summed E-state index contributed by atoms with van der Waals surface area (Å²) in [6.07, 6.45) is 3.26. The van der Waals surface area contributed by atoms with Crippen LogP contribution in [0.3, 0.4) is 0 Å². The summed E-state index contributed by atoms with van der Waals surface area (Å²) in [4.78, 5) is 24.3. The molecular formula is C21H25N3O4S. The van der Waals surface area contributed by atoms with Crippen LogP contribution < -0.4 is 25.6 Å². The highest BCUT2D eigenvalue weighted by atomic mass is 32.1. The quantitative estimate of drug-likeness (QED) is 0.349. The van der Waals surface area contributed by atoms with Crippen molar-refractivity contribution in [1.82, 2.24) is 16.2 Å². The van der Waals surface area contributed by atoms with Gasteiger partial charge >= 0.3 is 0 Å². The molecule has 7 nitrogen and oxygen atoms in total. The number of benzene rings is 2. The van der Waals surface area contributed by atoms with E-state index in [-0.39, 0.29) is 5.11 Å². The summed E-state index contributed by atoms with van der Waals surface area (Å²) < 4.78 is 10.7. The number of ether oxygens (including phenoxy) is 2. The van der Waals surface area contributed by atoms with E-state index in [1.54, 1.807) is 55.6 Å². The lowest BCUT2D eigenvalue weighted by molar-refractivity contribution is 0.0934. The van der Waals surface area contributed by atoms with Crippen molar-refractivity contribution in [2.24, 2.45) is 0 Å². The van der Waals surface area contributed by atoms with Crippen LogP contribution in [-0.2, 0) is 0 Å². The molecule has 2 aromatic rings. The predicted octanol–water partition coefficient (Wildman–Crippen LogP) is 3.21. The first-order chi connectivity index (χ1) is 14.0. The molecule has 0 fully saturated rings. The Labute approximate surface area is 175 Å². The van der Waals surface area contributed by atoms with Gasteiger partial charge in [-0.1, -0.05) is 19.8 Å². The number of hydrazine groups is 1. The van der Waals surface area contributed by atoms with Crippen molar-refractivity contribution < 1.29 is 19.1 Å². The second-order valence-electron chi connectivity index (χ2n) is 6.17. The normalized spacial score (nSPS) is 10.0. The topological polar surface area (TPSA) is 88.7 Å². The zero-order chi connectivity index (χ0) is 21.1. The standard InChI is InChI=1S/C21H25N3O4S/c1-3-4-5-14-28-18-12-8-15(9-13-18)19(25)22-21(29)24-23-20(26)16-6-10-17(27-2)11-7-16/h6-13H,3-5,14H2,1-2H3,(H,23,26)(H2,22,24,25,29). The van der Waals surface area contributed by atoms with Gasteiger partial charge in [-0.05, 0) is 67.2 Å². The molecule has 0 aromatic heterocycles. The van der Waals surface area contributed by atoms with Crippen molar-refractivity contribution in [3.8, 4) is 11.5 Å². The van der Waals surface area contributed by atoms with E-state index in [0.29, 0.717) is 29.2 Å². The Hall–Kier alpha value is -3.13. The maximum absolute atomic E-state index is 12.2. The molecule has 0 aliphatic rings. The number of amides is 2. The minimum Gasteiger partial charge on any atom is -0.497 e. The van der Waals surface area contributed by atoms with E-state index in [1.165, 1.54) is 0 Å². The number of unbranched alkanes of at least 4 members (excludes halogenated alkanes) is 2. The lowest BCUT2D eigenvalue weighted by Gasteiger charge is -2.11. The molecule has 29 heavy (non-hydrogen) atoms. The molecule has 0 atom stereocenters. The van der Waals surface area contributed by atoms with E-state index in [4.69, 9.17) is 21.7 Å². The molecule has 3 N–H and O–H groups in total. The summed E-state index contributed by atoms with van der Waals surface area (Å²) in [6, 6.07) is 13.4. The van der Waals surface area contributed by atoms with Gasteiger partial charge in [0.1, 0.15) is 11.5 Å². The van der Waals surface area contributed by atoms with Crippen LogP contribution >= 0.6 is 12.2 Å². The molecule has 154 valence electrons. The number of nitrogens with one attached hydrogen (secondary N) is 3. The molecule has 0 saturated carbocycles. The number of rotatable bonds is 8. The number of carbonyl (C=O) groups excluding carboxylic acids is 2. The summed E-state index contributed by atoms with van der Waals surface area (Å²) in [5.74, 6) is 0.576. The minimum atomic E-state index is -0.395. The molecule has 0 aliphatic heterocycles. The summed E-state index contributed by atoms with van der Waals surface area (Å²) in [7, 11) is 1.55. The molecule has 8 heteroatoms. The third-order valence-corrected chi connectivity index (χ3v) is 4.21. The molecular weight excluding hydrogens is 390 g/mol. The lowest BCUT2D eigenvalue weighted by atomic mass is 10.2. The molecule has 2 aromatic carbocycles. The predicted molar refractivity (Wildman–Crippen MR) is 115 cm³/mol. The Morgan fingerprint density at radius 3 is 2.03 bits per heavy atom. The highest BCUT2D eigenvalue weighted by molar-refractivity contribution is 7.80. The Bertz CT molecular complexity index is 823. The summed E-state index contributed by atoms with van der Waals surface area (Å²) in [5, 5.41) is 2.49. The molecule has 0 aliphatic carbocycles. The van der Waals surface area contributed by atoms with Crippen LogP contribution in [0, 0.1) is 0 Å². The van der Waals surface area contributed by atoms with Crippen LogP contribution in [0.1, 0.15) is 46.9 Å². The number of thiocarbonyl (C=S) groups is 1. The molecule has 0 spiro atoms. The first kappa shape index (κ1) is 22.2. The van der Waals surface area contributed by atoms with Gasteiger partial charge in [0.25, 0.3) is 11.8 Å². The fourth-order valence-electron chi connectivity index (χ4n) is 2.38. The van der Waals surface area contributed by atoms with Gasteiger partial charge in [-0.3, -0.25) is 25.8 Å². The van der Waals surface area contributed by atoms with Crippen LogP contribution in [0.25, 0.3) is 0 Å². The van der Waals surface area contributed by atoms with Gasteiger partial charge in [-0.2, -0.15) is 0 Å². The smallest absolute Gasteiger partial charge is 0.269 e. The Morgan fingerprint density at radius 2 is 1.45 bits per heavy atom. The van der Waals surface area contributed by atoms with Crippen LogP contribution in [-0.4, -0.2) is 30.6 Å². The van der Waals surface area contributed by atoms with Crippen molar-refractivity contribution in [2.45, 2.75) is 26.2 Å². The maximum Gasteiger partial charge on any atom is 0.269 e. The van der Waals surface area contributed by atoms with Gasteiger partial charge in [-0.15, -0.1) is 0 Å². The van der Waals surface area contributed by atoms with Gasteiger partial charge < -0.3 is 9.47 Å². The summed E-state index contributed by atoms with van der Waals surface area (Å²) in [5.41, 5.74) is 5.78. The van der Waals surface area contributed by atoms with E-state index < -0.39 is 11.8 Å². The number of hydrogen-bond acceptors (Lipinski definition) is 5. The maximum atomic E-state index is 12.2. The second-order valence-corrected chi connectivity index (χ2v) is 6.58. The Morgan fingerprint density at radius 1 is 0.862 bits per heavy atom. The highest BCUT2D eigenvalue weighted by Gasteiger charge is 2.10. The van der Waals surface area contributed by atoms with E-state index >= 15 is 0 Å². The number of carbonyl (C=O) groups is 2. The lowest BCUT2D eigenvalue weighted by Crippen LogP contribution is -2.48. The van der Waals surface area contributed by atoms with Gasteiger partial charge in [0, 0.05) is 11.1 Å². The third kappa shape index (κ3) is 7.42. The molecule has 0 heterocycles. The van der Waals surface area contributed by atoms with Crippen LogP contribution in [0.15, 0.2) is 48.5 Å². The fraction of sp³-hybridized carbons (Fsp3) is 0.286. The van der Waals surface area contributed by atoms with Gasteiger partial charge in [-0.25, -0.2) is 0 Å². The average Bonchev–Trinajstić information content (AvgIpc) is 2.75. The van der Waals surface area contributed by atoms with E-state index in [2.05, 4.69) is 23.1 Å². The Kier molecular flexibility index (Phi) is 8.91. The summed E-state index contributed by atoms with van der Waals surface area (Å²) >= 11 is 5.04. The monoisotopic (exact) mass is 415 g/mol. The zero-order valence-electron chi connectivity index (χ0n) is 16.5. The molecule has 0 unspecified atom stereocenters.